The molecule has 0 bridgehead atoms. The second kappa shape index (κ2) is 6.25. The molecule has 1 saturated carbocycles. The molecule has 3 rings (SSSR count). The van der Waals surface area contributed by atoms with E-state index in [9.17, 15) is 4.79 Å². The molecular formula is C18H23NO. The van der Waals surface area contributed by atoms with E-state index in [2.05, 4.69) is 41.3 Å². The van der Waals surface area contributed by atoms with Crippen LogP contribution in [0.5, 0.6) is 0 Å². The summed E-state index contributed by atoms with van der Waals surface area (Å²) in [6, 6.07) is 10.8. The van der Waals surface area contributed by atoms with Gasteiger partial charge in [-0.15, -0.1) is 0 Å². The third-order valence-corrected chi connectivity index (χ3v) is 4.35. The van der Waals surface area contributed by atoms with E-state index in [0.717, 1.165) is 32.2 Å². The molecule has 2 fully saturated rings. The highest BCUT2D eigenvalue weighted by Gasteiger charge is 2.36. The van der Waals surface area contributed by atoms with Gasteiger partial charge in [0.25, 0.3) is 0 Å². The quantitative estimate of drug-likeness (QED) is 0.812. The molecule has 0 unspecified atom stereocenters. The molecule has 0 aromatic heterocycles. The van der Waals surface area contributed by atoms with Crippen molar-refractivity contribution in [3.8, 4) is 0 Å². The Morgan fingerprint density at radius 3 is 2.70 bits per heavy atom. The standard InChI is InChI=1S/C18H23NO/c20-18(16-12-13-16)19-14-5-4-10-17(19)11-6-9-15-7-2-1-3-8-15/h1-3,6-9,16-17H,4-5,10-14H2/b9-6+/t17-/m0/s1. The van der Waals surface area contributed by atoms with Crippen molar-refractivity contribution in [2.75, 3.05) is 6.54 Å². The lowest BCUT2D eigenvalue weighted by molar-refractivity contribution is -0.136. The Bertz CT molecular complexity index is 475. The average molecular weight is 269 g/mol. The Morgan fingerprint density at radius 1 is 1.15 bits per heavy atom. The van der Waals surface area contributed by atoms with E-state index in [4.69, 9.17) is 0 Å². The van der Waals surface area contributed by atoms with Crippen LogP contribution in [0.1, 0.15) is 44.1 Å². The number of carbonyl (C=O) groups excluding carboxylic acids is 1. The van der Waals surface area contributed by atoms with Crippen LogP contribution in [0.2, 0.25) is 0 Å². The zero-order valence-corrected chi connectivity index (χ0v) is 12.0. The van der Waals surface area contributed by atoms with Gasteiger partial charge >= 0.3 is 0 Å². The Hall–Kier alpha value is -1.57. The van der Waals surface area contributed by atoms with E-state index >= 15 is 0 Å². The van der Waals surface area contributed by atoms with Gasteiger partial charge in [0, 0.05) is 18.5 Å². The highest BCUT2D eigenvalue weighted by atomic mass is 16.2. The molecule has 1 aromatic carbocycles. The molecule has 1 aliphatic carbocycles. The first-order valence-electron chi connectivity index (χ1n) is 7.86. The van der Waals surface area contributed by atoms with Gasteiger partial charge in [-0.2, -0.15) is 0 Å². The summed E-state index contributed by atoms with van der Waals surface area (Å²) in [5.41, 5.74) is 1.24. The van der Waals surface area contributed by atoms with E-state index in [0.29, 0.717) is 17.9 Å². The number of hydrogen-bond acceptors (Lipinski definition) is 1. The van der Waals surface area contributed by atoms with Crippen LogP contribution in [0.15, 0.2) is 36.4 Å². The molecule has 0 N–H and O–H groups in total. The summed E-state index contributed by atoms with van der Waals surface area (Å²) in [5, 5.41) is 0. The van der Waals surface area contributed by atoms with Crippen LogP contribution in [0.4, 0.5) is 0 Å². The second-order valence-corrected chi connectivity index (χ2v) is 6.00. The van der Waals surface area contributed by atoms with Crippen LogP contribution >= 0.6 is 0 Å². The normalized spacial score (nSPS) is 23.2. The van der Waals surface area contributed by atoms with Crippen molar-refractivity contribution in [3.63, 3.8) is 0 Å². The van der Waals surface area contributed by atoms with Gasteiger partial charge < -0.3 is 4.90 Å². The summed E-state index contributed by atoms with van der Waals surface area (Å²) in [6.07, 6.45) is 11.2. The number of carbonyl (C=O) groups is 1. The van der Waals surface area contributed by atoms with Crippen molar-refractivity contribution in [3.05, 3.63) is 42.0 Å². The molecule has 0 radical (unpaired) electrons. The van der Waals surface area contributed by atoms with Gasteiger partial charge in [0.05, 0.1) is 0 Å². The van der Waals surface area contributed by atoms with Gasteiger partial charge in [-0.25, -0.2) is 0 Å². The summed E-state index contributed by atoms with van der Waals surface area (Å²) in [4.78, 5) is 14.5. The molecule has 1 aliphatic heterocycles. The average Bonchev–Trinajstić information content (AvgIpc) is 3.33. The minimum Gasteiger partial charge on any atom is -0.339 e. The number of rotatable bonds is 4. The first kappa shape index (κ1) is 13.4. The lowest BCUT2D eigenvalue weighted by Crippen LogP contribution is -2.44. The first-order chi connectivity index (χ1) is 9.84. The van der Waals surface area contributed by atoms with Crippen molar-refractivity contribution in [1.29, 1.82) is 0 Å². The molecule has 1 saturated heterocycles. The van der Waals surface area contributed by atoms with Gasteiger partial charge in [-0.1, -0.05) is 42.5 Å². The van der Waals surface area contributed by atoms with Crippen LogP contribution in [0.25, 0.3) is 6.08 Å². The molecule has 2 aliphatic rings. The summed E-state index contributed by atoms with van der Waals surface area (Å²) in [5.74, 6) is 0.775. The van der Waals surface area contributed by atoms with Crippen LogP contribution in [0, 0.1) is 5.92 Å². The highest BCUT2D eigenvalue weighted by molar-refractivity contribution is 5.81. The van der Waals surface area contributed by atoms with E-state index in [1.807, 2.05) is 6.07 Å². The van der Waals surface area contributed by atoms with Crippen LogP contribution in [0.3, 0.4) is 0 Å². The van der Waals surface area contributed by atoms with Crippen molar-refractivity contribution in [2.24, 2.45) is 5.92 Å². The zero-order valence-electron chi connectivity index (χ0n) is 12.0. The van der Waals surface area contributed by atoms with Crippen molar-refractivity contribution in [1.82, 2.24) is 4.90 Å². The Kier molecular flexibility index (Phi) is 4.19. The number of nitrogens with zero attached hydrogens (tertiary/aromatic N) is 1. The fraction of sp³-hybridized carbons (Fsp3) is 0.500. The number of likely N-dealkylation sites (tertiary alicyclic amines) is 1. The second-order valence-electron chi connectivity index (χ2n) is 6.00. The molecule has 1 atom stereocenters. The number of piperidine rings is 1. The molecule has 20 heavy (non-hydrogen) atoms. The first-order valence-corrected chi connectivity index (χ1v) is 7.86. The van der Waals surface area contributed by atoms with Crippen LogP contribution < -0.4 is 0 Å². The fourth-order valence-corrected chi connectivity index (χ4v) is 3.03. The van der Waals surface area contributed by atoms with Gasteiger partial charge in [0.1, 0.15) is 0 Å². The van der Waals surface area contributed by atoms with Crippen LogP contribution in [-0.4, -0.2) is 23.4 Å². The third-order valence-electron chi connectivity index (χ3n) is 4.35. The van der Waals surface area contributed by atoms with E-state index < -0.39 is 0 Å². The Morgan fingerprint density at radius 2 is 1.95 bits per heavy atom. The van der Waals surface area contributed by atoms with Crippen molar-refractivity contribution < 1.29 is 4.79 Å². The van der Waals surface area contributed by atoms with Gasteiger partial charge in [0.2, 0.25) is 5.91 Å². The molecule has 1 heterocycles. The lowest BCUT2D eigenvalue weighted by Gasteiger charge is -2.35. The number of benzene rings is 1. The minimum absolute atomic E-state index is 0.355. The lowest BCUT2D eigenvalue weighted by atomic mass is 9.98. The molecule has 0 spiro atoms. The molecule has 2 nitrogen and oxygen atoms in total. The van der Waals surface area contributed by atoms with Crippen molar-refractivity contribution >= 4 is 12.0 Å². The predicted molar refractivity (Wildman–Crippen MR) is 82.2 cm³/mol. The minimum atomic E-state index is 0.355. The van der Waals surface area contributed by atoms with E-state index in [-0.39, 0.29) is 0 Å². The Labute approximate surface area is 121 Å². The summed E-state index contributed by atoms with van der Waals surface area (Å²) < 4.78 is 0. The topological polar surface area (TPSA) is 20.3 Å². The predicted octanol–water partition coefficient (Wildman–Crippen LogP) is 3.88. The molecule has 106 valence electrons. The van der Waals surface area contributed by atoms with Gasteiger partial charge in [-0.05, 0) is 44.1 Å². The fourth-order valence-electron chi connectivity index (χ4n) is 3.03. The molecule has 1 aromatic rings. The van der Waals surface area contributed by atoms with Gasteiger partial charge in [0.15, 0.2) is 0 Å². The zero-order chi connectivity index (χ0) is 13.8. The van der Waals surface area contributed by atoms with E-state index in [1.165, 1.54) is 18.4 Å². The molecule has 1 amide bonds. The summed E-state index contributed by atoms with van der Waals surface area (Å²) in [6.45, 7) is 0.971. The summed E-state index contributed by atoms with van der Waals surface area (Å²) >= 11 is 0. The number of amides is 1. The highest BCUT2D eigenvalue weighted by Crippen LogP contribution is 2.33. The largest absolute Gasteiger partial charge is 0.339 e. The Balaban J connectivity index is 1.59. The third kappa shape index (κ3) is 3.30. The maximum absolute atomic E-state index is 12.3. The van der Waals surface area contributed by atoms with E-state index in [1.54, 1.807) is 0 Å². The smallest absolute Gasteiger partial charge is 0.225 e. The molecular weight excluding hydrogens is 246 g/mol. The SMILES string of the molecule is O=C(C1CC1)N1CCCC[C@H]1C/C=C/c1ccccc1. The number of hydrogen-bond donors (Lipinski definition) is 0. The maximum atomic E-state index is 12.3. The summed E-state index contributed by atoms with van der Waals surface area (Å²) in [7, 11) is 0. The van der Waals surface area contributed by atoms with Crippen molar-refractivity contribution in [2.45, 2.75) is 44.6 Å². The van der Waals surface area contributed by atoms with Gasteiger partial charge in [-0.3, -0.25) is 4.79 Å². The monoisotopic (exact) mass is 269 g/mol. The molecule has 2 heteroatoms. The maximum Gasteiger partial charge on any atom is 0.225 e. The van der Waals surface area contributed by atoms with Crippen LogP contribution in [-0.2, 0) is 4.79 Å².